The highest BCUT2D eigenvalue weighted by atomic mass is 16.3. The number of nitrogens with zero attached hydrogens (tertiary/aromatic N) is 1. The fourth-order valence-corrected chi connectivity index (χ4v) is 1.91. The van der Waals surface area contributed by atoms with Crippen molar-refractivity contribution < 1.29 is 5.11 Å². The first-order valence-corrected chi connectivity index (χ1v) is 5.81. The Morgan fingerprint density at radius 2 is 1.94 bits per heavy atom. The molecule has 0 amide bonds. The molecule has 17 heavy (non-hydrogen) atoms. The third-order valence-electron chi connectivity index (χ3n) is 3.03. The summed E-state index contributed by atoms with van der Waals surface area (Å²) in [5.74, 6) is 0.310. The van der Waals surface area contributed by atoms with E-state index in [0.29, 0.717) is 11.8 Å². The van der Waals surface area contributed by atoms with Crippen LogP contribution in [0.2, 0.25) is 0 Å². The van der Waals surface area contributed by atoms with Gasteiger partial charge in [0.1, 0.15) is 5.75 Å². The molecule has 1 heterocycles. The molecule has 0 spiro atoms. The quantitative estimate of drug-likeness (QED) is 0.847. The normalized spacial score (nSPS) is 12.6. The van der Waals surface area contributed by atoms with Crippen LogP contribution in [-0.2, 0) is 6.54 Å². The molecule has 0 aliphatic rings. The molecular formula is C14H18N2O. The van der Waals surface area contributed by atoms with Gasteiger partial charge >= 0.3 is 0 Å². The van der Waals surface area contributed by atoms with E-state index in [1.54, 1.807) is 12.1 Å². The Kier molecular flexibility index (Phi) is 3.49. The molecule has 0 aliphatic heterocycles. The minimum Gasteiger partial charge on any atom is -0.508 e. The van der Waals surface area contributed by atoms with Crippen molar-refractivity contribution in [3.8, 4) is 5.75 Å². The summed E-state index contributed by atoms with van der Waals surface area (Å²) in [6, 6.07) is 11.9. The van der Waals surface area contributed by atoms with Crippen LogP contribution in [0.4, 0.5) is 0 Å². The van der Waals surface area contributed by atoms with Crippen molar-refractivity contribution in [1.29, 1.82) is 0 Å². The largest absolute Gasteiger partial charge is 0.508 e. The SMILES string of the molecule is CNC(C)c1cccn1Cc1ccc(O)cc1. The maximum Gasteiger partial charge on any atom is 0.115 e. The summed E-state index contributed by atoms with van der Waals surface area (Å²) in [7, 11) is 1.96. The number of aromatic nitrogens is 1. The highest BCUT2D eigenvalue weighted by Crippen LogP contribution is 2.16. The fourth-order valence-electron chi connectivity index (χ4n) is 1.91. The molecule has 0 saturated carbocycles. The van der Waals surface area contributed by atoms with Crippen LogP contribution in [0.15, 0.2) is 42.6 Å². The molecule has 1 aromatic carbocycles. The highest BCUT2D eigenvalue weighted by molar-refractivity contribution is 5.26. The van der Waals surface area contributed by atoms with Gasteiger partial charge in [-0.1, -0.05) is 12.1 Å². The van der Waals surface area contributed by atoms with Gasteiger partial charge < -0.3 is 15.0 Å². The van der Waals surface area contributed by atoms with Gasteiger partial charge in [0.15, 0.2) is 0 Å². The van der Waals surface area contributed by atoms with E-state index < -0.39 is 0 Å². The Bertz CT molecular complexity index is 473. The number of nitrogens with one attached hydrogen (secondary N) is 1. The predicted octanol–water partition coefficient (Wildman–Crippen LogP) is 2.52. The third kappa shape index (κ3) is 2.68. The van der Waals surface area contributed by atoms with E-state index in [9.17, 15) is 5.11 Å². The van der Waals surface area contributed by atoms with Crippen molar-refractivity contribution in [2.45, 2.75) is 19.5 Å². The van der Waals surface area contributed by atoms with Gasteiger partial charge in [0.2, 0.25) is 0 Å². The van der Waals surface area contributed by atoms with Crippen LogP contribution >= 0.6 is 0 Å². The lowest BCUT2D eigenvalue weighted by Gasteiger charge is -2.15. The van der Waals surface area contributed by atoms with E-state index in [4.69, 9.17) is 0 Å². The molecule has 0 bridgehead atoms. The molecule has 0 radical (unpaired) electrons. The molecule has 0 fully saturated rings. The Morgan fingerprint density at radius 1 is 1.24 bits per heavy atom. The summed E-state index contributed by atoms with van der Waals surface area (Å²) < 4.78 is 2.22. The first kappa shape index (κ1) is 11.7. The van der Waals surface area contributed by atoms with E-state index in [0.717, 1.165) is 6.54 Å². The molecule has 1 atom stereocenters. The van der Waals surface area contributed by atoms with Crippen LogP contribution in [0.3, 0.4) is 0 Å². The second-order valence-corrected chi connectivity index (χ2v) is 4.24. The number of rotatable bonds is 4. The molecule has 1 unspecified atom stereocenters. The van der Waals surface area contributed by atoms with Gasteiger partial charge in [-0.2, -0.15) is 0 Å². The summed E-state index contributed by atoms with van der Waals surface area (Å²) in [4.78, 5) is 0. The predicted molar refractivity (Wildman–Crippen MR) is 69.1 cm³/mol. The zero-order chi connectivity index (χ0) is 12.3. The van der Waals surface area contributed by atoms with Crippen molar-refractivity contribution in [2.24, 2.45) is 0 Å². The summed E-state index contributed by atoms with van der Waals surface area (Å²) in [6.45, 7) is 2.97. The second kappa shape index (κ2) is 5.06. The van der Waals surface area contributed by atoms with E-state index in [1.807, 2.05) is 19.2 Å². The number of hydrogen-bond donors (Lipinski definition) is 2. The van der Waals surface area contributed by atoms with Gasteiger partial charge in [-0.25, -0.2) is 0 Å². The van der Waals surface area contributed by atoms with Gasteiger partial charge in [-0.05, 0) is 43.8 Å². The maximum absolute atomic E-state index is 9.25. The van der Waals surface area contributed by atoms with E-state index >= 15 is 0 Å². The highest BCUT2D eigenvalue weighted by Gasteiger charge is 2.07. The van der Waals surface area contributed by atoms with Crippen molar-refractivity contribution >= 4 is 0 Å². The number of phenols is 1. The smallest absolute Gasteiger partial charge is 0.115 e. The Balaban J connectivity index is 2.18. The second-order valence-electron chi connectivity index (χ2n) is 4.24. The molecule has 3 heteroatoms. The Labute approximate surface area is 102 Å². The molecule has 1 aromatic heterocycles. The molecule has 2 N–H and O–H groups in total. The van der Waals surface area contributed by atoms with Crippen LogP contribution in [-0.4, -0.2) is 16.7 Å². The fraction of sp³-hybridized carbons (Fsp3) is 0.286. The molecule has 2 rings (SSSR count). The Morgan fingerprint density at radius 3 is 2.59 bits per heavy atom. The molecule has 0 saturated heterocycles. The number of hydrogen-bond acceptors (Lipinski definition) is 2. The van der Waals surface area contributed by atoms with E-state index in [2.05, 4.69) is 35.1 Å². The number of aromatic hydroxyl groups is 1. The van der Waals surface area contributed by atoms with Crippen LogP contribution in [0.1, 0.15) is 24.2 Å². The summed E-state index contributed by atoms with van der Waals surface area (Å²) in [6.07, 6.45) is 2.08. The van der Waals surface area contributed by atoms with Gasteiger partial charge in [-0.15, -0.1) is 0 Å². The van der Waals surface area contributed by atoms with Crippen LogP contribution in [0.25, 0.3) is 0 Å². The van der Waals surface area contributed by atoms with Crippen molar-refractivity contribution in [3.63, 3.8) is 0 Å². The summed E-state index contributed by atoms with van der Waals surface area (Å²) >= 11 is 0. The lowest BCUT2D eigenvalue weighted by atomic mass is 10.2. The lowest BCUT2D eigenvalue weighted by molar-refractivity contribution is 0.475. The average Bonchev–Trinajstić information content (AvgIpc) is 2.79. The molecule has 3 nitrogen and oxygen atoms in total. The van der Waals surface area contributed by atoms with Crippen molar-refractivity contribution in [1.82, 2.24) is 9.88 Å². The van der Waals surface area contributed by atoms with Crippen LogP contribution in [0, 0.1) is 0 Å². The molecule has 90 valence electrons. The third-order valence-corrected chi connectivity index (χ3v) is 3.03. The molecule has 0 aliphatic carbocycles. The van der Waals surface area contributed by atoms with E-state index in [1.165, 1.54) is 11.3 Å². The van der Waals surface area contributed by atoms with Gasteiger partial charge in [0.05, 0.1) is 0 Å². The number of benzene rings is 1. The van der Waals surface area contributed by atoms with Gasteiger partial charge in [0.25, 0.3) is 0 Å². The Hall–Kier alpha value is -1.74. The standard InChI is InChI=1S/C14H18N2O/c1-11(15-2)14-4-3-9-16(14)10-12-5-7-13(17)8-6-12/h3-9,11,15,17H,10H2,1-2H3. The van der Waals surface area contributed by atoms with Crippen molar-refractivity contribution in [3.05, 3.63) is 53.9 Å². The van der Waals surface area contributed by atoms with Crippen LogP contribution < -0.4 is 5.32 Å². The van der Waals surface area contributed by atoms with Crippen molar-refractivity contribution in [2.75, 3.05) is 7.05 Å². The first-order valence-electron chi connectivity index (χ1n) is 5.81. The van der Waals surface area contributed by atoms with Gasteiger partial charge in [-0.3, -0.25) is 0 Å². The molecule has 2 aromatic rings. The summed E-state index contributed by atoms with van der Waals surface area (Å²) in [5.41, 5.74) is 2.45. The molecular weight excluding hydrogens is 212 g/mol. The minimum atomic E-state index is 0.310. The monoisotopic (exact) mass is 230 g/mol. The lowest BCUT2D eigenvalue weighted by Crippen LogP contribution is -2.16. The maximum atomic E-state index is 9.25. The summed E-state index contributed by atoms with van der Waals surface area (Å²) in [5, 5.41) is 12.5. The zero-order valence-electron chi connectivity index (χ0n) is 10.2. The number of phenolic OH excluding ortho intramolecular Hbond substituents is 1. The van der Waals surface area contributed by atoms with Crippen LogP contribution in [0.5, 0.6) is 5.75 Å². The minimum absolute atomic E-state index is 0.310. The van der Waals surface area contributed by atoms with E-state index in [-0.39, 0.29) is 0 Å². The average molecular weight is 230 g/mol. The first-order chi connectivity index (χ1) is 8.20. The van der Waals surface area contributed by atoms with Gasteiger partial charge in [0, 0.05) is 24.5 Å². The zero-order valence-corrected chi connectivity index (χ0v) is 10.2. The topological polar surface area (TPSA) is 37.2 Å².